The second kappa shape index (κ2) is 6.98. The van der Waals surface area contributed by atoms with Gasteiger partial charge >= 0.3 is 5.97 Å². The quantitative estimate of drug-likeness (QED) is 0.906. The fourth-order valence-corrected chi connectivity index (χ4v) is 2.56. The van der Waals surface area contributed by atoms with Gasteiger partial charge in [-0.15, -0.1) is 0 Å². The second-order valence-electron chi connectivity index (χ2n) is 5.43. The Morgan fingerprint density at radius 1 is 1.39 bits per heavy atom. The van der Waals surface area contributed by atoms with Gasteiger partial charge in [-0.1, -0.05) is 23.7 Å². The minimum atomic E-state index is -1.02. The van der Waals surface area contributed by atoms with E-state index in [1.165, 1.54) is 6.20 Å². The molecule has 0 bridgehead atoms. The number of benzene rings is 1. The summed E-state index contributed by atoms with van der Waals surface area (Å²) in [5.41, 5.74) is 1.56. The van der Waals surface area contributed by atoms with Gasteiger partial charge in [0.2, 0.25) is 5.88 Å². The lowest BCUT2D eigenvalue weighted by Crippen LogP contribution is -2.13. The normalized spacial score (nSPS) is 17.2. The first-order valence-electron chi connectivity index (χ1n) is 7.33. The van der Waals surface area contributed by atoms with Crippen LogP contribution in [0.15, 0.2) is 36.5 Å². The highest BCUT2D eigenvalue weighted by Crippen LogP contribution is 2.30. The molecule has 1 fully saturated rings. The number of carboxylic acid groups (broad SMARTS) is 1. The standard InChI is InChI=1S/C17H16ClNO4/c18-14-3-1-12(2-4-14)15-7-13(17(20)21)8-19-16(15)23-10-11-5-6-22-9-11/h1-4,7-8,11H,5-6,9-10H2,(H,20,21)/t11-/m1/s1. The Labute approximate surface area is 138 Å². The maximum atomic E-state index is 11.2. The first kappa shape index (κ1) is 15.8. The van der Waals surface area contributed by atoms with Gasteiger partial charge in [0.05, 0.1) is 18.8 Å². The lowest BCUT2D eigenvalue weighted by Gasteiger charge is -2.14. The molecule has 2 aromatic rings. The topological polar surface area (TPSA) is 68.7 Å². The number of hydrogen-bond donors (Lipinski definition) is 1. The molecular formula is C17H16ClNO4. The molecule has 0 spiro atoms. The number of carboxylic acids is 1. The first-order valence-corrected chi connectivity index (χ1v) is 7.71. The molecule has 1 saturated heterocycles. The number of hydrogen-bond acceptors (Lipinski definition) is 4. The number of nitrogens with zero attached hydrogens (tertiary/aromatic N) is 1. The van der Waals surface area contributed by atoms with E-state index in [9.17, 15) is 9.90 Å². The van der Waals surface area contributed by atoms with Gasteiger partial charge in [0.1, 0.15) is 0 Å². The number of carbonyl (C=O) groups is 1. The number of rotatable bonds is 5. The number of ether oxygens (including phenoxy) is 2. The van der Waals surface area contributed by atoms with Crippen LogP contribution >= 0.6 is 11.6 Å². The van der Waals surface area contributed by atoms with Gasteiger partial charge in [0.15, 0.2) is 0 Å². The van der Waals surface area contributed by atoms with Crippen molar-refractivity contribution in [1.82, 2.24) is 4.98 Å². The molecule has 5 nitrogen and oxygen atoms in total. The molecule has 120 valence electrons. The molecule has 1 aromatic carbocycles. The lowest BCUT2D eigenvalue weighted by molar-refractivity contribution is 0.0696. The van der Waals surface area contributed by atoms with E-state index in [1.54, 1.807) is 18.2 Å². The predicted octanol–water partition coefficient (Wildman–Crippen LogP) is 3.52. The summed E-state index contributed by atoms with van der Waals surface area (Å²) in [5, 5.41) is 9.79. The summed E-state index contributed by atoms with van der Waals surface area (Å²) in [6.07, 6.45) is 2.27. The van der Waals surface area contributed by atoms with Gasteiger partial charge in [-0.2, -0.15) is 0 Å². The second-order valence-corrected chi connectivity index (χ2v) is 5.87. The molecular weight excluding hydrogens is 318 g/mol. The number of aromatic carboxylic acids is 1. The van der Waals surface area contributed by atoms with Crippen LogP contribution in [0, 0.1) is 5.92 Å². The molecule has 3 rings (SSSR count). The SMILES string of the molecule is O=C(O)c1cnc(OC[C@@H]2CCOC2)c(-c2ccc(Cl)cc2)c1. The first-order chi connectivity index (χ1) is 11.1. The third-order valence-electron chi connectivity index (χ3n) is 3.73. The van der Waals surface area contributed by atoms with E-state index in [0.717, 1.165) is 18.6 Å². The van der Waals surface area contributed by atoms with Gasteiger partial charge in [0, 0.05) is 29.3 Å². The maximum Gasteiger partial charge on any atom is 0.337 e. The zero-order valence-electron chi connectivity index (χ0n) is 12.4. The maximum absolute atomic E-state index is 11.2. The average molecular weight is 334 g/mol. The molecule has 0 saturated carbocycles. The van der Waals surface area contributed by atoms with E-state index in [0.29, 0.717) is 35.6 Å². The largest absolute Gasteiger partial charge is 0.478 e. The zero-order valence-corrected chi connectivity index (χ0v) is 13.1. The van der Waals surface area contributed by atoms with Gasteiger partial charge < -0.3 is 14.6 Å². The predicted molar refractivity (Wildman–Crippen MR) is 86.1 cm³/mol. The monoisotopic (exact) mass is 333 g/mol. The van der Waals surface area contributed by atoms with Gasteiger partial charge in [-0.3, -0.25) is 0 Å². The minimum absolute atomic E-state index is 0.117. The Bertz CT molecular complexity index is 696. The molecule has 0 unspecified atom stereocenters. The molecule has 23 heavy (non-hydrogen) atoms. The highest BCUT2D eigenvalue weighted by molar-refractivity contribution is 6.30. The van der Waals surface area contributed by atoms with Crippen molar-refractivity contribution < 1.29 is 19.4 Å². The summed E-state index contributed by atoms with van der Waals surface area (Å²) in [4.78, 5) is 15.4. The Morgan fingerprint density at radius 2 is 2.17 bits per heavy atom. The van der Waals surface area contributed by atoms with Crippen LogP contribution in [0.25, 0.3) is 11.1 Å². The van der Waals surface area contributed by atoms with Gasteiger partial charge in [-0.05, 0) is 30.2 Å². The third kappa shape index (κ3) is 3.81. The fourth-order valence-electron chi connectivity index (χ4n) is 2.43. The van der Waals surface area contributed by atoms with Crippen molar-refractivity contribution in [2.24, 2.45) is 5.92 Å². The lowest BCUT2D eigenvalue weighted by atomic mass is 10.1. The van der Waals surface area contributed by atoms with Crippen LogP contribution in [0.1, 0.15) is 16.8 Å². The van der Waals surface area contributed by atoms with E-state index < -0.39 is 5.97 Å². The average Bonchev–Trinajstić information content (AvgIpc) is 3.07. The molecule has 0 amide bonds. The van der Waals surface area contributed by atoms with Crippen molar-refractivity contribution in [1.29, 1.82) is 0 Å². The fraction of sp³-hybridized carbons (Fsp3) is 0.294. The number of halogens is 1. The summed E-state index contributed by atoms with van der Waals surface area (Å²) >= 11 is 5.91. The van der Waals surface area contributed by atoms with Crippen LogP contribution in [-0.4, -0.2) is 35.9 Å². The van der Waals surface area contributed by atoms with Crippen molar-refractivity contribution >= 4 is 17.6 Å². The van der Waals surface area contributed by atoms with Gasteiger partial charge in [0.25, 0.3) is 0 Å². The van der Waals surface area contributed by atoms with Crippen LogP contribution in [0.5, 0.6) is 5.88 Å². The van der Waals surface area contributed by atoms with Crippen LogP contribution < -0.4 is 4.74 Å². The minimum Gasteiger partial charge on any atom is -0.478 e. The summed E-state index contributed by atoms with van der Waals surface area (Å²) < 4.78 is 11.2. The van der Waals surface area contributed by atoms with Crippen LogP contribution in [0.4, 0.5) is 0 Å². The molecule has 1 aliphatic heterocycles. The van der Waals surface area contributed by atoms with E-state index in [2.05, 4.69) is 4.98 Å². The van der Waals surface area contributed by atoms with Crippen LogP contribution in [0.3, 0.4) is 0 Å². The van der Waals surface area contributed by atoms with Crippen molar-refractivity contribution in [3.05, 3.63) is 47.1 Å². The van der Waals surface area contributed by atoms with E-state index in [1.807, 2.05) is 12.1 Å². The van der Waals surface area contributed by atoms with Gasteiger partial charge in [-0.25, -0.2) is 9.78 Å². The van der Waals surface area contributed by atoms with E-state index in [4.69, 9.17) is 21.1 Å². The molecule has 0 radical (unpaired) electrons. The summed E-state index contributed by atoms with van der Waals surface area (Å²) in [7, 11) is 0. The molecule has 1 atom stereocenters. The van der Waals surface area contributed by atoms with E-state index >= 15 is 0 Å². The molecule has 0 aliphatic carbocycles. The molecule has 1 aromatic heterocycles. The third-order valence-corrected chi connectivity index (χ3v) is 3.99. The highest BCUT2D eigenvalue weighted by Gasteiger charge is 2.18. The van der Waals surface area contributed by atoms with Crippen molar-refractivity contribution in [3.63, 3.8) is 0 Å². The Hall–Kier alpha value is -2.11. The number of aromatic nitrogens is 1. The Kier molecular flexibility index (Phi) is 4.79. The summed E-state index contributed by atoms with van der Waals surface area (Å²) in [5.74, 6) is -0.262. The molecule has 1 N–H and O–H groups in total. The molecule has 6 heteroatoms. The van der Waals surface area contributed by atoms with Crippen molar-refractivity contribution in [3.8, 4) is 17.0 Å². The Balaban J connectivity index is 1.90. The molecule has 1 aliphatic rings. The summed E-state index contributed by atoms with van der Waals surface area (Å²) in [6, 6.07) is 8.70. The summed E-state index contributed by atoms with van der Waals surface area (Å²) in [6.45, 7) is 1.94. The zero-order chi connectivity index (χ0) is 16.2. The van der Waals surface area contributed by atoms with Crippen molar-refractivity contribution in [2.45, 2.75) is 6.42 Å². The smallest absolute Gasteiger partial charge is 0.337 e. The number of pyridine rings is 1. The Morgan fingerprint density at radius 3 is 2.83 bits per heavy atom. The van der Waals surface area contributed by atoms with E-state index in [-0.39, 0.29) is 5.56 Å². The van der Waals surface area contributed by atoms with Crippen LogP contribution in [0.2, 0.25) is 5.02 Å². The molecule has 2 heterocycles. The highest BCUT2D eigenvalue weighted by atomic mass is 35.5. The van der Waals surface area contributed by atoms with Crippen molar-refractivity contribution in [2.75, 3.05) is 19.8 Å². The van der Waals surface area contributed by atoms with Crippen LogP contribution in [-0.2, 0) is 4.74 Å².